The molecule has 0 radical (unpaired) electrons. The van der Waals surface area contributed by atoms with Crippen LogP contribution >= 0.6 is 0 Å². The van der Waals surface area contributed by atoms with Gasteiger partial charge in [0.1, 0.15) is 0 Å². The van der Waals surface area contributed by atoms with E-state index in [4.69, 9.17) is 0 Å². The van der Waals surface area contributed by atoms with Crippen molar-refractivity contribution >= 4 is 12.6 Å². The van der Waals surface area contributed by atoms with E-state index in [-0.39, 0.29) is 11.6 Å². The average Bonchev–Trinajstić information content (AvgIpc) is 2.29. The first-order chi connectivity index (χ1) is 7.15. The van der Waals surface area contributed by atoms with Crippen LogP contribution in [0.2, 0.25) is 0 Å². The van der Waals surface area contributed by atoms with Crippen molar-refractivity contribution in [3.05, 3.63) is 23.8 Å². The first kappa shape index (κ1) is 16.0. The van der Waals surface area contributed by atoms with Gasteiger partial charge in [0.05, 0.1) is 5.70 Å². The van der Waals surface area contributed by atoms with Gasteiger partial charge in [0.15, 0.2) is 0 Å². The van der Waals surface area contributed by atoms with Crippen molar-refractivity contribution in [2.45, 2.75) is 34.1 Å². The van der Waals surface area contributed by atoms with E-state index in [1.54, 1.807) is 19.9 Å². The standard InChI is InChI=1S/C9H13FN2O.C2H6/c1-4-6-7(9(10)11-3)12-8(13)5-2;1-2/h4,6H,3,5H2,1-2H3,(H,12,13);1-2H3/b6-4-,9-7+;. The molecule has 0 heterocycles. The molecule has 0 aromatic carbocycles. The lowest BCUT2D eigenvalue weighted by Crippen LogP contribution is -2.21. The number of nitrogens with one attached hydrogen (secondary N) is 1. The average molecular weight is 214 g/mol. The number of aliphatic imine (C=N–C) groups is 1. The van der Waals surface area contributed by atoms with Gasteiger partial charge < -0.3 is 5.32 Å². The molecule has 3 nitrogen and oxygen atoms in total. The van der Waals surface area contributed by atoms with E-state index >= 15 is 0 Å². The molecule has 0 fully saturated rings. The van der Waals surface area contributed by atoms with E-state index in [1.165, 1.54) is 6.08 Å². The van der Waals surface area contributed by atoms with Gasteiger partial charge in [-0.05, 0) is 19.7 Å². The number of hydrogen-bond donors (Lipinski definition) is 1. The molecule has 0 aromatic heterocycles. The highest BCUT2D eigenvalue weighted by Gasteiger charge is 2.04. The van der Waals surface area contributed by atoms with Crippen LogP contribution in [0.15, 0.2) is 28.8 Å². The number of halogens is 1. The van der Waals surface area contributed by atoms with Crippen LogP contribution in [0, 0.1) is 0 Å². The zero-order chi connectivity index (χ0) is 12.3. The Bertz CT molecular complexity index is 257. The minimum atomic E-state index is -0.778. The summed E-state index contributed by atoms with van der Waals surface area (Å²) in [6.07, 6.45) is 3.33. The maximum atomic E-state index is 12.9. The Morgan fingerprint density at radius 3 is 2.40 bits per heavy atom. The van der Waals surface area contributed by atoms with Crippen molar-refractivity contribution in [2.75, 3.05) is 0 Å². The predicted molar refractivity (Wildman–Crippen MR) is 62.3 cm³/mol. The van der Waals surface area contributed by atoms with Crippen molar-refractivity contribution in [1.29, 1.82) is 0 Å². The summed E-state index contributed by atoms with van der Waals surface area (Å²) < 4.78 is 12.9. The van der Waals surface area contributed by atoms with Crippen LogP contribution in [-0.2, 0) is 4.79 Å². The summed E-state index contributed by atoms with van der Waals surface area (Å²) in [6, 6.07) is 0. The zero-order valence-corrected chi connectivity index (χ0v) is 9.80. The third-order valence-corrected chi connectivity index (χ3v) is 1.29. The summed E-state index contributed by atoms with van der Waals surface area (Å²) in [5.41, 5.74) is 0.0457. The van der Waals surface area contributed by atoms with Crippen molar-refractivity contribution in [2.24, 2.45) is 4.99 Å². The van der Waals surface area contributed by atoms with Crippen LogP contribution < -0.4 is 5.32 Å². The number of nitrogens with zero attached hydrogens (tertiary/aromatic N) is 1. The molecular weight excluding hydrogens is 195 g/mol. The fraction of sp³-hybridized carbons (Fsp3) is 0.455. The quantitative estimate of drug-likeness (QED) is 0.436. The molecular formula is C11H19FN2O. The number of rotatable bonds is 4. The monoisotopic (exact) mass is 214 g/mol. The summed E-state index contributed by atoms with van der Waals surface area (Å²) in [4.78, 5) is 14.0. The number of amides is 1. The lowest BCUT2D eigenvalue weighted by molar-refractivity contribution is -0.120. The number of allylic oxidation sites excluding steroid dienone is 2. The molecule has 0 saturated heterocycles. The molecule has 0 unspecified atom stereocenters. The van der Waals surface area contributed by atoms with Crippen molar-refractivity contribution in [3.63, 3.8) is 0 Å². The van der Waals surface area contributed by atoms with Gasteiger partial charge in [-0.1, -0.05) is 26.8 Å². The molecule has 0 aliphatic carbocycles. The molecule has 1 N–H and O–H groups in total. The maximum absolute atomic E-state index is 12.9. The lowest BCUT2D eigenvalue weighted by Gasteiger charge is -2.03. The molecule has 1 amide bonds. The fourth-order valence-corrected chi connectivity index (χ4v) is 0.652. The maximum Gasteiger partial charge on any atom is 0.236 e. The third kappa shape index (κ3) is 7.61. The summed E-state index contributed by atoms with van der Waals surface area (Å²) >= 11 is 0. The van der Waals surface area contributed by atoms with Crippen molar-refractivity contribution < 1.29 is 9.18 Å². The van der Waals surface area contributed by atoms with Crippen LogP contribution in [0.25, 0.3) is 0 Å². The molecule has 4 heteroatoms. The van der Waals surface area contributed by atoms with Crippen LogP contribution in [0.1, 0.15) is 34.1 Å². The van der Waals surface area contributed by atoms with Crippen LogP contribution in [0.4, 0.5) is 4.39 Å². The molecule has 0 saturated carbocycles. The van der Waals surface area contributed by atoms with Crippen LogP contribution in [0.5, 0.6) is 0 Å². The van der Waals surface area contributed by atoms with E-state index in [1.807, 2.05) is 13.8 Å². The highest BCUT2D eigenvalue weighted by Crippen LogP contribution is 2.05. The first-order valence-corrected chi connectivity index (χ1v) is 4.94. The van der Waals surface area contributed by atoms with Gasteiger partial charge >= 0.3 is 0 Å². The Hall–Kier alpha value is -1.45. The Balaban J connectivity index is 0. The highest BCUT2D eigenvalue weighted by atomic mass is 19.1. The SMILES string of the molecule is C=N/C(F)=C(\C=C/C)NC(=O)CC.CC. The van der Waals surface area contributed by atoms with Crippen molar-refractivity contribution in [1.82, 2.24) is 5.32 Å². The van der Waals surface area contributed by atoms with E-state index in [0.29, 0.717) is 6.42 Å². The van der Waals surface area contributed by atoms with E-state index in [0.717, 1.165) is 0 Å². The fourth-order valence-electron chi connectivity index (χ4n) is 0.652. The molecule has 0 bridgehead atoms. The largest absolute Gasteiger partial charge is 0.322 e. The molecule has 0 aliphatic rings. The Morgan fingerprint density at radius 2 is 2.07 bits per heavy atom. The van der Waals surface area contributed by atoms with Gasteiger partial charge in [0.2, 0.25) is 11.9 Å². The van der Waals surface area contributed by atoms with E-state index in [9.17, 15) is 9.18 Å². The number of hydrogen-bond acceptors (Lipinski definition) is 2. The highest BCUT2D eigenvalue weighted by molar-refractivity contribution is 5.78. The van der Waals surface area contributed by atoms with Gasteiger partial charge in [-0.15, -0.1) is 0 Å². The van der Waals surface area contributed by atoms with Gasteiger partial charge in [0, 0.05) is 6.42 Å². The Morgan fingerprint density at radius 1 is 1.53 bits per heavy atom. The Kier molecular flexibility index (Phi) is 11.3. The molecule has 0 rings (SSSR count). The van der Waals surface area contributed by atoms with Crippen molar-refractivity contribution in [3.8, 4) is 0 Å². The van der Waals surface area contributed by atoms with Gasteiger partial charge in [-0.25, -0.2) is 4.99 Å². The normalized spacial score (nSPS) is 11.3. The molecule has 0 spiro atoms. The van der Waals surface area contributed by atoms with Crippen LogP contribution in [-0.4, -0.2) is 12.6 Å². The minimum Gasteiger partial charge on any atom is -0.322 e. The van der Waals surface area contributed by atoms with Gasteiger partial charge in [0.25, 0.3) is 0 Å². The smallest absolute Gasteiger partial charge is 0.236 e. The van der Waals surface area contributed by atoms with Gasteiger partial charge in [-0.3, -0.25) is 4.79 Å². The third-order valence-electron chi connectivity index (χ3n) is 1.29. The molecule has 0 aliphatic heterocycles. The topological polar surface area (TPSA) is 41.5 Å². The molecule has 0 atom stereocenters. The molecule has 15 heavy (non-hydrogen) atoms. The number of carbonyl (C=O) groups excluding carboxylic acids is 1. The molecule has 0 aromatic rings. The summed E-state index contributed by atoms with van der Waals surface area (Å²) in [6.45, 7) is 10.4. The second kappa shape index (κ2) is 10.6. The number of carbonyl (C=O) groups is 1. The van der Waals surface area contributed by atoms with Crippen LogP contribution in [0.3, 0.4) is 0 Å². The Labute approximate surface area is 90.8 Å². The van der Waals surface area contributed by atoms with E-state index in [2.05, 4.69) is 17.0 Å². The minimum absolute atomic E-state index is 0.0457. The summed E-state index contributed by atoms with van der Waals surface area (Å²) in [7, 11) is 0. The first-order valence-electron chi connectivity index (χ1n) is 4.94. The predicted octanol–water partition coefficient (Wildman–Crippen LogP) is 2.95. The van der Waals surface area contributed by atoms with Gasteiger partial charge in [-0.2, -0.15) is 4.39 Å². The van der Waals surface area contributed by atoms with E-state index < -0.39 is 5.95 Å². The molecule has 86 valence electrons. The zero-order valence-electron chi connectivity index (χ0n) is 9.80. The second-order valence-corrected chi connectivity index (χ2v) is 2.26. The lowest BCUT2D eigenvalue weighted by atomic mass is 10.3. The summed E-state index contributed by atoms with van der Waals surface area (Å²) in [5.74, 6) is -1.04. The second-order valence-electron chi connectivity index (χ2n) is 2.26. The summed E-state index contributed by atoms with van der Waals surface area (Å²) in [5, 5.41) is 2.36.